The van der Waals surface area contributed by atoms with E-state index in [0.29, 0.717) is 12.8 Å². The van der Waals surface area contributed by atoms with E-state index in [9.17, 15) is 19.5 Å². The number of hydrogen-bond donors (Lipinski definition) is 2. The molecule has 6 nitrogen and oxygen atoms in total. The summed E-state index contributed by atoms with van der Waals surface area (Å²) in [6.45, 7) is 0.170. The van der Waals surface area contributed by atoms with Gasteiger partial charge in [0.2, 0.25) is 11.8 Å². The number of carboxylic acids is 1. The van der Waals surface area contributed by atoms with Crippen LogP contribution in [0.4, 0.5) is 0 Å². The Morgan fingerprint density at radius 3 is 1.91 bits per heavy atom. The van der Waals surface area contributed by atoms with Gasteiger partial charge in [-0.15, -0.1) is 0 Å². The third-order valence-electron chi connectivity index (χ3n) is 6.23. The van der Waals surface area contributed by atoms with Crippen molar-refractivity contribution in [3.8, 4) is 0 Å². The highest BCUT2D eigenvalue weighted by atomic mass is 16.4. The predicted octanol–water partition coefficient (Wildman–Crippen LogP) is 3.62. The van der Waals surface area contributed by atoms with Crippen LogP contribution in [0.3, 0.4) is 0 Å². The Morgan fingerprint density at radius 1 is 0.853 bits per heavy atom. The van der Waals surface area contributed by atoms with E-state index in [1.54, 1.807) is 0 Å². The van der Waals surface area contributed by atoms with Gasteiger partial charge in [-0.25, -0.2) is 4.79 Å². The Morgan fingerprint density at radius 2 is 1.38 bits per heavy atom. The van der Waals surface area contributed by atoms with Crippen LogP contribution >= 0.6 is 0 Å². The molecule has 0 aliphatic carbocycles. The van der Waals surface area contributed by atoms with Crippen molar-refractivity contribution < 1.29 is 19.5 Å². The fourth-order valence-corrected chi connectivity index (χ4v) is 4.56. The molecule has 1 saturated heterocycles. The number of hydrogen-bond acceptors (Lipinski definition) is 3. The first-order valence-corrected chi connectivity index (χ1v) is 11.5. The molecule has 4 rings (SSSR count). The first-order valence-electron chi connectivity index (χ1n) is 11.5. The van der Waals surface area contributed by atoms with Crippen LogP contribution in [0.15, 0.2) is 91.0 Å². The quantitative estimate of drug-likeness (QED) is 0.542. The summed E-state index contributed by atoms with van der Waals surface area (Å²) in [7, 11) is 0. The minimum atomic E-state index is -1.06. The van der Waals surface area contributed by atoms with Crippen molar-refractivity contribution in [1.29, 1.82) is 0 Å². The molecule has 0 unspecified atom stereocenters. The Bertz CT molecular complexity index is 1080. The van der Waals surface area contributed by atoms with E-state index in [1.807, 2.05) is 91.0 Å². The summed E-state index contributed by atoms with van der Waals surface area (Å²) in [6.07, 6.45) is 1.10. The first-order chi connectivity index (χ1) is 16.5. The number of rotatable bonds is 8. The topological polar surface area (TPSA) is 86.7 Å². The monoisotopic (exact) mass is 456 g/mol. The van der Waals surface area contributed by atoms with Crippen LogP contribution in [0.1, 0.15) is 35.4 Å². The number of likely N-dealkylation sites (tertiary alicyclic amines) is 1. The van der Waals surface area contributed by atoms with E-state index >= 15 is 0 Å². The molecule has 34 heavy (non-hydrogen) atoms. The van der Waals surface area contributed by atoms with Crippen molar-refractivity contribution in [2.24, 2.45) is 0 Å². The number of nitrogens with zero attached hydrogens (tertiary/aromatic N) is 1. The summed E-state index contributed by atoms with van der Waals surface area (Å²) in [5, 5.41) is 12.8. The van der Waals surface area contributed by atoms with Crippen molar-refractivity contribution in [2.75, 3.05) is 6.54 Å². The molecule has 3 aromatic rings. The maximum Gasteiger partial charge on any atom is 0.326 e. The summed E-state index contributed by atoms with van der Waals surface area (Å²) < 4.78 is 0. The highest BCUT2D eigenvalue weighted by molar-refractivity contribution is 5.91. The van der Waals surface area contributed by atoms with E-state index in [0.717, 1.165) is 16.7 Å². The third-order valence-corrected chi connectivity index (χ3v) is 6.23. The number of amides is 2. The maximum atomic E-state index is 13.8. The highest BCUT2D eigenvalue weighted by Crippen LogP contribution is 2.30. The molecule has 1 fully saturated rings. The predicted molar refractivity (Wildman–Crippen MR) is 129 cm³/mol. The lowest BCUT2D eigenvalue weighted by atomic mass is 9.90. The van der Waals surface area contributed by atoms with Crippen LogP contribution in [-0.2, 0) is 20.8 Å². The molecular formula is C28H28N2O4. The highest BCUT2D eigenvalue weighted by Gasteiger charge is 2.42. The molecule has 0 saturated carbocycles. The van der Waals surface area contributed by atoms with Crippen LogP contribution in [0, 0.1) is 0 Å². The SMILES string of the molecule is O=C(CCc1ccccc1)N[C@H]1C[C@@H](C(=O)O)N(C(=O)C(c2ccccc2)c2ccccc2)C1. The molecule has 0 spiro atoms. The molecule has 0 aromatic heterocycles. The van der Waals surface area contributed by atoms with E-state index in [2.05, 4.69) is 5.32 Å². The first kappa shape index (κ1) is 23.2. The Balaban J connectivity index is 1.49. The van der Waals surface area contributed by atoms with Gasteiger partial charge in [-0.05, 0) is 23.1 Å². The lowest BCUT2D eigenvalue weighted by Crippen LogP contribution is -2.44. The number of benzene rings is 3. The van der Waals surface area contributed by atoms with Gasteiger partial charge in [-0.3, -0.25) is 9.59 Å². The Hall–Kier alpha value is -3.93. The lowest BCUT2D eigenvalue weighted by Gasteiger charge is -2.27. The molecular weight excluding hydrogens is 428 g/mol. The van der Waals surface area contributed by atoms with Crippen molar-refractivity contribution in [3.05, 3.63) is 108 Å². The molecule has 2 amide bonds. The van der Waals surface area contributed by atoms with Crippen molar-refractivity contribution in [1.82, 2.24) is 10.2 Å². The average molecular weight is 457 g/mol. The van der Waals surface area contributed by atoms with Gasteiger partial charge in [-0.2, -0.15) is 0 Å². The summed E-state index contributed by atoms with van der Waals surface area (Å²) in [4.78, 5) is 39.8. The van der Waals surface area contributed by atoms with Crippen molar-refractivity contribution in [3.63, 3.8) is 0 Å². The number of nitrogens with one attached hydrogen (secondary N) is 1. The van der Waals surface area contributed by atoms with Crippen LogP contribution in [0.25, 0.3) is 0 Å². The Labute approximate surface area is 199 Å². The average Bonchev–Trinajstić information content (AvgIpc) is 3.29. The minimum Gasteiger partial charge on any atom is -0.480 e. The second kappa shape index (κ2) is 10.8. The van der Waals surface area contributed by atoms with Gasteiger partial charge in [0.15, 0.2) is 0 Å². The minimum absolute atomic E-state index is 0.144. The fourth-order valence-electron chi connectivity index (χ4n) is 4.56. The van der Waals surface area contributed by atoms with Gasteiger partial charge in [0.05, 0.1) is 5.92 Å². The van der Waals surface area contributed by atoms with Gasteiger partial charge in [0.25, 0.3) is 0 Å². The van der Waals surface area contributed by atoms with Crippen molar-refractivity contribution in [2.45, 2.75) is 37.3 Å². The van der Waals surface area contributed by atoms with E-state index in [4.69, 9.17) is 0 Å². The molecule has 3 aromatic carbocycles. The zero-order valence-electron chi connectivity index (χ0n) is 18.8. The zero-order chi connectivity index (χ0) is 23.9. The third kappa shape index (κ3) is 5.52. The molecule has 174 valence electrons. The molecule has 1 heterocycles. The van der Waals surface area contributed by atoms with Crippen LogP contribution < -0.4 is 5.32 Å². The smallest absolute Gasteiger partial charge is 0.326 e. The van der Waals surface area contributed by atoms with E-state index in [1.165, 1.54) is 4.90 Å². The largest absolute Gasteiger partial charge is 0.480 e. The molecule has 0 bridgehead atoms. The van der Waals surface area contributed by atoms with Crippen LogP contribution in [0.5, 0.6) is 0 Å². The van der Waals surface area contributed by atoms with Gasteiger partial charge in [0, 0.05) is 25.4 Å². The molecule has 2 N–H and O–H groups in total. The summed E-state index contributed by atoms with van der Waals surface area (Å²) in [5.41, 5.74) is 2.68. The lowest BCUT2D eigenvalue weighted by molar-refractivity contribution is -0.148. The summed E-state index contributed by atoms with van der Waals surface area (Å²) in [5.74, 6) is -2.09. The van der Waals surface area contributed by atoms with Crippen LogP contribution in [0.2, 0.25) is 0 Å². The van der Waals surface area contributed by atoms with Gasteiger partial charge >= 0.3 is 5.97 Å². The fraction of sp³-hybridized carbons (Fsp3) is 0.250. The second-order valence-corrected chi connectivity index (χ2v) is 8.58. The number of carbonyl (C=O) groups is 3. The number of carbonyl (C=O) groups excluding carboxylic acids is 2. The molecule has 1 aliphatic heterocycles. The van der Waals surface area contributed by atoms with Gasteiger partial charge in [0.1, 0.15) is 6.04 Å². The summed E-state index contributed by atoms with van der Waals surface area (Å²) >= 11 is 0. The van der Waals surface area contributed by atoms with Gasteiger partial charge in [-0.1, -0.05) is 91.0 Å². The summed E-state index contributed by atoms with van der Waals surface area (Å²) in [6, 6.07) is 27.1. The second-order valence-electron chi connectivity index (χ2n) is 8.58. The standard InChI is InChI=1S/C28H28N2O4/c31-25(17-16-20-10-4-1-5-11-20)29-23-18-24(28(33)34)30(19-23)27(32)26(21-12-6-2-7-13-21)22-14-8-3-9-15-22/h1-15,23-24,26H,16-19H2,(H,29,31)(H,33,34)/t23-,24-/m0/s1. The molecule has 1 aliphatic rings. The Kier molecular flexibility index (Phi) is 7.38. The zero-order valence-corrected chi connectivity index (χ0v) is 18.8. The molecule has 6 heteroatoms. The van der Waals surface area contributed by atoms with Crippen LogP contribution in [-0.4, -0.2) is 46.4 Å². The van der Waals surface area contributed by atoms with Gasteiger partial charge < -0.3 is 15.3 Å². The van der Waals surface area contributed by atoms with E-state index < -0.39 is 24.0 Å². The maximum absolute atomic E-state index is 13.8. The number of carboxylic acid groups (broad SMARTS) is 1. The van der Waals surface area contributed by atoms with E-state index in [-0.39, 0.29) is 24.8 Å². The molecule has 0 radical (unpaired) electrons. The normalized spacial score (nSPS) is 17.5. The number of aliphatic carboxylic acids is 1. The molecule has 2 atom stereocenters. The van der Waals surface area contributed by atoms with Crippen molar-refractivity contribution >= 4 is 17.8 Å². The number of aryl methyl sites for hydroxylation is 1.